The van der Waals surface area contributed by atoms with E-state index in [4.69, 9.17) is 10.8 Å². The van der Waals surface area contributed by atoms with Crippen LogP contribution in [0.15, 0.2) is 48.5 Å². The van der Waals surface area contributed by atoms with Crippen LogP contribution in [0.5, 0.6) is 0 Å². The normalized spacial score (nSPS) is 10.9. The molecule has 0 amide bonds. The van der Waals surface area contributed by atoms with Gasteiger partial charge in [-0.2, -0.15) is 0 Å². The molecule has 21 heavy (non-hydrogen) atoms. The van der Waals surface area contributed by atoms with E-state index in [-0.39, 0.29) is 6.42 Å². The lowest BCUT2D eigenvalue weighted by atomic mass is 10.2. The van der Waals surface area contributed by atoms with Gasteiger partial charge in [-0.15, -0.1) is 0 Å². The van der Waals surface area contributed by atoms with Gasteiger partial charge in [0.1, 0.15) is 5.82 Å². The first kappa shape index (κ1) is 13.2. The monoisotopic (exact) mass is 281 g/mol. The van der Waals surface area contributed by atoms with Crippen LogP contribution < -0.4 is 5.73 Å². The minimum absolute atomic E-state index is 0.0579. The van der Waals surface area contributed by atoms with Crippen molar-refractivity contribution in [1.29, 1.82) is 0 Å². The van der Waals surface area contributed by atoms with E-state index in [0.717, 1.165) is 22.4 Å². The molecule has 3 N–H and O–H groups in total. The first-order valence-electron chi connectivity index (χ1n) is 6.68. The summed E-state index contributed by atoms with van der Waals surface area (Å²) in [6.45, 7) is 0.384. The highest BCUT2D eigenvalue weighted by molar-refractivity contribution is 5.81. The fourth-order valence-electron chi connectivity index (χ4n) is 2.36. The lowest BCUT2D eigenvalue weighted by Crippen LogP contribution is -2.06. The number of aryl methyl sites for hydroxylation is 1. The number of fused-ring (bicyclic) bond motifs is 1. The molecule has 0 saturated heterocycles. The highest BCUT2D eigenvalue weighted by Gasteiger charge is 2.13. The second-order valence-corrected chi connectivity index (χ2v) is 4.84. The van der Waals surface area contributed by atoms with Gasteiger partial charge in [0.05, 0.1) is 17.5 Å². The van der Waals surface area contributed by atoms with Gasteiger partial charge in [-0.1, -0.05) is 12.1 Å². The van der Waals surface area contributed by atoms with Gasteiger partial charge in [-0.05, 0) is 36.4 Å². The molecule has 1 aromatic heterocycles. The lowest BCUT2D eigenvalue weighted by molar-refractivity contribution is -0.137. The van der Waals surface area contributed by atoms with Crippen LogP contribution in [-0.2, 0) is 11.3 Å². The van der Waals surface area contributed by atoms with Gasteiger partial charge in [-0.3, -0.25) is 4.79 Å². The Bertz CT molecular complexity index is 791. The molecule has 0 aliphatic carbocycles. The quantitative estimate of drug-likeness (QED) is 0.720. The van der Waals surface area contributed by atoms with Crippen LogP contribution in [0.2, 0.25) is 0 Å². The van der Waals surface area contributed by atoms with Crippen molar-refractivity contribution < 1.29 is 9.90 Å². The van der Waals surface area contributed by atoms with E-state index in [1.807, 2.05) is 53.1 Å². The summed E-state index contributed by atoms with van der Waals surface area (Å²) in [5.74, 6) is -0.0616. The molecular weight excluding hydrogens is 266 g/mol. The predicted octanol–water partition coefficient (Wildman–Crippen LogP) is 2.76. The zero-order valence-electron chi connectivity index (χ0n) is 11.4. The van der Waals surface area contributed by atoms with E-state index in [1.165, 1.54) is 0 Å². The molecule has 0 radical (unpaired) electrons. The van der Waals surface area contributed by atoms with Gasteiger partial charge in [-0.25, -0.2) is 4.98 Å². The lowest BCUT2D eigenvalue weighted by Gasteiger charge is -2.08. The van der Waals surface area contributed by atoms with Crippen LogP contribution in [-0.4, -0.2) is 20.6 Å². The first-order chi connectivity index (χ1) is 10.1. The average Bonchev–Trinajstić information content (AvgIpc) is 2.84. The van der Waals surface area contributed by atoms with Crippen molar-refractivity contribution in [3.8, 4) is 11.4 Å². The van der Waals surface area contributed by atoms with Crippen molar-refractivity contribution in [3.63, 3.8) is 0 Å². The molecule has 0 bridgehead atoms. The molecule has 2 aromatic carbocycles. The minimum Gasteiger partial charge on any atom is -0.481 e. The largest absolute Gasteiger partial charge is 0.481 e. The topological polar surface area (TPSA) is 81.1 Å². The Balaban J connectivity index is 2.13. The maximum atomic E-state index is 10.9. The third kappa shape index (κ3) is 2.58. The number of hydrogen-bond donors (Lipinski definition) is 2. The number of benzene rings is 2. The Morgan fingerprint density at radius 2 is 1.86 bits per heavy atom. The number of nitrogens with zero attached hydrogens (tertiary/aromatic N) is 2. The van der Waals surface area contributed by atoms with E-state index in [9.17, 15) is 4.79 Å². The van der Waals surface area contributed by atoms with Crippen LogP contribution in [0.4, 0.5) is 5.69 Å². The third-order valence-electron chi connectivity index (χ3n) is 3.37. The summed E-state index contributed by atoms with van der Waals surface area (Å²) in [6, 6.07) is 15.1. The summed E-state index contributed by atoms with van der Waals surface area (Å²) < 4.78 is 1.94. The maximum Gasteiger partial charge on any atom is 0.305 e. The second-order valence-electron chi connectivity index (χ2n) is 4.84. The Labute approximate surface area is 121 Å². The highest BCUT2D eigenvalue weighted by atomic mass is 16.4. The van der Waals surface area contributed by atoms with Crippen LogP contribution in [0, 0.1) is 0 Å². The van der Waals surface area contributed by atoms with E-state index < -0.39 is 5.97 Å². The molecule has 0 atom stereocenters. The van der Waals surface area contributed by atoms with Gasteiger partial charge in [0.25, 0.3) is 0 Å². The average molecular weight is 281 g/mol. The minimum atomic E-state index is -0.823. The zero-order chi connectivity index (χ0) is 14.8. The summed E-state index contributed by atoms with van der Waals surface area (Å²) >= 11 is 0. The Hall–Kier alpha value is -2.82. The number of carboxylic acids is 1. The van der Waals surface area contributed by atoms with Gasteiger partial charge in [0.2, 0.25) is 0 Å². The molecule has 5 heteroatoms. The zero-order valence-corrected chi connectivity index (χ0v) is 11.4. The standard InChI is InChI=1S/C16H15N3O2/c17-12-7-5-11(6-8-12)16-18-13-3-1-2-4-14(13)19(16)10-9-15(20)21/h1-8H,9-10,17H2,(H,20,21). The number of hydrogen-bond acceptors (Lipinski definition) is 3. The van der Waals surface area contributed by atoms with E-state index in [1.54, 1.807) is 0 Å². The Morgan fingerprint density at radius 1 is 1.14 bits per heavy atom. The van der Waals surface area contributed by atoms with E-state index in [2.05, 4.69) is 4.98 Å². The Kier molecular flexibility index (Phi) is 3.31. The van der Waals surface area contributed by atoms with Crippen LogP contribution in [0.1, 0.15) is 6.42 Å². The van der Waals surface area contributed by atoms with Gasteiger partial charge in [0.15, 0.2) is 0 Å². The number of rotatable bonds is 4. The molecule has 3 rings (SSSR count). The molecule has 0 fully saturated rings. The van der Waals surface area contributed by atoms with E-state index in [0.29, 0.717) is 12.2 Å². The second kappa shape index (κ2) is 5.28. The predicted molar refractivity (Wildman–Crippen MR) is 81.8 cm³/mol. The maximum absolute atomic E-state index is 10.9. The number of imidazole rings is 1. The molecule has 0 spiro atoms. The molecule has 106 valence electrons. The molecule has 0 saturated carbocycles. The summed E-state index contributed by atoms with van der Waals surface area (Å²) in [5, 5.41) is 8.93. The molecule has 0 unspecified atom stereocenters. The molecule has 0 aliphatic rings. The fourth-order valence-corrected chi connectivity index (χ4v) is 2.36. The molecule has 5 nitrogen and oxygen atoms in total. The van der Waals surface area contributed by atoms with Crippen molar-refractivity contribution >= 4 is 22.7 Å². The number of carboxylic acid groups (broad SMARTS) is 1. The highest BCUT2D eigenvalue weighted by Crippen LogP contribution is 2.25. The van der Waals surface area contributed by atoms with Crippen molar-refractivity contribution in [3.05, 3.63) is 48.5 Å². The van der Waals surface area contributed by atoms with Crippen LogP contribution in [0.3, 0.4) is 0 Å². The SMILES string of the molecule is Nc1ccc(-c2nc3ccccc3n2CCC(=O)O)cc1. The van der Waals surface area contributed by atoms with Gasteiger partial charge >= 0.3 is 5.97 Å². The molecule has 0 aliphatic heterocycles. The third-order valence-corrected chi connectivity index (χ3v) is 3.37. The van der Waals surface area contributed by atoms with Crippen molar-refractivity contribution in [2.24, 2.45) is 0 Å². The number of aromatic nitrogens is 2. The van der Waals surface area contributed by atoms with E-state index >= 15 is 0 Å². The molecule has 3 aromatic rings. The number of nitrogen functional groups attached to an aromatic ring is 1. The van der Waals surface area contributed by atoms with Crippen LogP contribution in [0.25, 0.3) is 22.4 Å². The summed E-state index contributed by atoms with van der Waals surface area (Å²) in [5.41, 5.74) is 9.11. The summed E-state index contributed by atoms with van der Waals surface area (Å²) in [6.07, 6.45) is 0.0579. The molecule has 1 heterocycles. The Morgan fingerprint density at radius 3 is 2.57 bits per heavy atom. The smallest absolute Gasteiger partial charge is 0.305 e. The number of carbonyl (C=O) groups is 1. The van der Waals surface area contributed by atoms with Gasteiger partial charge < -0.3 is 15.4 Å². The number of nitrogens with two attached hydrogens (primary N) is 1. The number of aliphatic carboxylic acids is 1. The van der Waals surface area contributed by atoms with Crippen molar-refractivity contribution in [2.75, 3.05) is 5.73 Å². The number of para-hydroxylation sites is 2. The fraction of sp³-hybridized carbons (Fsp3) is 0.125. The van der Waals surface area contributed by atoms with Crippen molar-refractivity contribution in [1.82, 2.24) is 9.55 Å². The van der Waals surface area contributed by atoms with Gasteiger partial charge in [0, 0.05) is 17.8 Å². The molecular formula is C16H15N3O2. The summed E-state index contributed by atoms with van der Waals surface area (Å²) in [7, 11) is 0. The van der Waals surface area contributed by atoms with Crippen molar-refractivity contribution in [2.45, 2.75) is 13.0 Å². The summed E-state index contributed by atoms with van der Waals surface area (Å²) in [4.78, 5) is 15.5. The first-order valence-corrected chi connectivity index (χ1v) is 6.68. The van der Waals surface area contributed by atoms with Crippen LogP contribution >= 0.6 is 0 Å². The number of anilines is 1.